The van der Waals surface area contributed by atoms with Crippen LogP contribution < -0.4 is 5.73 Å². The minimum atomic E-state index is -0.203. The minimum Gasteiger partial charge on any atom is -0.409 e. The molecule has 0 unspecified atom stereocenters. The Labute approximate surface area is 132 Å². The highest BCUT2D eigenvalue weighted by Gasteiger charge is 2.38. The van der Waals surface area contributed by atoms with Gasteiger partial charge in [0.1, 0.15) is 0 Å². The van der Waals surface area contributed by atoms with Crippen LogP contribution in [0.4, 0.5) is 0 Å². The lowest BCUT2D eigenvalue weighted by atomic mass is 9.94. The number of hydrogen-bond donors (Lipinski definition) is 2. The fourth-order valence-electron chi connectivity index (χ4n) is 2.58. The normalized spacial score (nSPS) is 20.0. The van der Waals surface area contributed by atoms with Crippen molar-refractivity contribution < 1.29 is 5.21 Å². The second-order valence-electron chi connectivity index (χ2n) is 5.09. The van der Waals surface area contributed by atoms with Gasteiger partial charge < -0.3 is 10.9 Å². The molecule has 0 radical (unpaired) electrons. The van der Waals surface area contributed by atoms with E-state index in [0.717, 1.165) is 36.9 Å². The number of piperidine rings is 1. The summed E-state index contributed by atoms with van der Waals surface area (Å²) in [6.45, 7) is 2.88. The van der Waals surface area contributed by atoms with Crippen LogP contribution in [0.15, 0.2) is 33.9 Å². The van der Waals surface area contributed by atoms with Gasteiger partial charge in [-0.2, -0.15) is 11.8 Å². The van der Waals surface area contributed by atoms with Gasteiger partial charge in [0, 0.05) is 24.1 Å². The first-order chi connectivity index (χ1) is 9.59. The van der Waals surface area contributed by atoms with Crippen molar-refractivity contribution >= 4 is 33.5 Å². The minimum absolute atomic E-state index is 0.203. The number of nitrogens with zero attached hydrogens (tertiary/aromatic N) is 2. The Morgan fingerprint density at radius 3 is 2.50 bits per heavy atom. The summed E-state index contributed by atoms with van der Waals surface area (Å²) in [7, 11) is 0. The van der Waals surface area contributed by atoms with Crippen molar-refractivity contribution in [2.24, 2.45) is 10.9 Å². The molecule has 1 aliphatic rings. The Bertz CT molecular complexity index is 470. The smallest absolute Gasteiger partial charge is 0.155 e. The molecule has 4 nitrogen and oxygen atoms in total. The third-order valence-electron chi connectivity index (χ3n) is 3.95. The van der Waals surface area contributed by atoms with E-state index in [1.165, 1.54) is 5.56 Å². The lowest BCUT2D eigenvalue weighted by Crippen LogP contribution is -2.49. The zero-order valence-corrected chi connectivity index (χ0v) is 14.0. The number of amidine groups is 1. The summed E-state index contributed by atoms with van der Waals surface area (Å²) in [5.41, 5.74) is 7.18. The predicted molar refractivity (Wildman–Crippen MR) is 88.3 cm³/mol. The quantitative estimate of drug-likeness (QED) is 0.376. The molecule has 0 aliphatic carbocycles. The Hall–Kier alpha value is -0.720. The van der Waals surface area contributed by atoms with Gasteiger partial charge in [-0.25, -0.2) is 0 Å². The molecule has 6 heteroatoms. The van der Waals surface area contributed by atoms with Gasteiger partial charge in [-0.1, -0.05) is 33.2 Å². The highest BCUT2D eigenvalue weighted by atomic mass is 79.9. The number of benzene rings is 1. The van der Waals surface area contributed by atoms with Gasteiger partial charge in [-0.05, 0) is 36.8 Å². The van der Waals surface area contributed by atoms with E-state index in [4.69, 9.17) is 10.9 Å². The SMILES string of the molecule is CSC1(C(N)=NO)CCN(Cc2ccc(Br)cc2)CC1. The van der Waals surface area contributed by atoms with Crippen molar-refractivity contribution in [3.05, 3.63) is 34.3 Å². The van der Waals surface area contributed by atoms with Crippen molar-refractivity contribution in [2.45, 2.75) is 24.1 Å². The molecule has 1 aromatic rings. The first kappa shape index (κ1) is 15.7. The molecule has 0 saturated carbocycles. The third-order valence-corrected chi connectivity index (χ3v) is 5.88. The summed E-state index contributed by atoms with van der Waals surface area (Å²) in [5, 5.41) is 12.2. The number of nitrogens with two attached hydrogens (primary N) is 1. The number of hydrogen-bond acceptors (Lipinski definition) is 4. The largest absolute Gasteiger partial charge is 0.409 e. The first-order valence-electron chi connectivity index (χ1n) is 6.59. The zero-order valence-electron chi connectivity index (χ0n) is 11.6. The molecule has 0 atom stereocenters. The third kappa shape index (κ3) is 3.48. The molecule has 1 aliphatic heterocycles. The van der Waals surface area contributed by atoms with E-state index in [9.17, 15) is 0 Å². The van der Waals surface area contributed by atoms with Crippen LogP contribution in [0.25, 0.3) is 0 Å². The summed E-state index contributed by atoms with van der Waals surface area (Å²) < 4.78 is 0.901. The fraction of sp³-hybridized carbons (Fsp3) is 0.500. The van der Waals surface area contributed by atoms with Crippen molar-refractivity contribution in [1.82, 2.24) is 4.90 Å². The van der Waals surface area contributed by atoms with E-state index in [1.54, 1.807) is 11.8 Å². The number of rotatable bonds is 4. The average molecular weight is 358 g/mol. The highest BCUT2D eigenvalue weighted by Crippen LogP contribution is 2.35. The average Bonchev–Trinajstić information content (AvgIpc) is 2.50. The van der Waals surface area contributed by atoms with E-state index in [1.807, 2.05) is 6.26 Å². The van der Waals surface area contributed by atoms with Crippen molar-refractivity contribution in [3.63, 3.8) is 0 Å². The molecule has 2 rings (SSSR count). The van der Waals surface area contributed by atoms with Gasteiger partial charge in [0.15, 0.2) is 5.84 Å². The first-order valence-corrected chi connectivity index (χ1v) is 8.61. The van der Waals surface area contributed by atoms with Crippen LogP contribution in [0.2, 0.25) is 0 Å². The van der Waals surface area contributed by atoms with Crippen LogP contribution in [0, 0.1) is 0 Å². The molecule has 1 fully saturated rings. The van der Waals surface area contributed by atoms with Gasteiger partial charge in [0.2, 0.25) is 0 Å². The molecule has 0 aromatic heterocycles. The maximum Gasteiger partial charge on any atom is 0.155 e. The summed E-state index contributed by atoms with van der Waals surface area (Å²) in [6.07, 6.45) is 3.86. The molecule has 20 heavy (non-hydrogen) atoms. The van der Waals surface area contributed by atoms with Crippen LogP contribution in [0.1, 0.15) is 18.4 Å². The maximum absolute atomic E-state index is 8.94. The van der Waals surface area contributed by atoms with Crippen LogP contribution in [0.5, 0.6) is 0 Å². The Balaban J connectivity index is 1.95. The van der Waals surface area contributed by atoms with Crippen molar-refractivity contribution in [2.75, 3.05) is 19.3 Å². The summed E-state index contributed by atoms with van der Waals surface area (Å²) in [5.74, 6) is 0.355. The number of halogens is 1. The van der Waals surface area contributed by atoms with E-state index in [0.29, 0.717) is 5.84 Å². The van der Waals surface area contributed by atoms with Crippen LogP contribution in [-0.2, 0) is 6.54 Å². The number of oxime groups is 1. The molecule has 0 amide bonds. The lowest BCUT2D eigenvalue weighted by molar-refractivity contribution is 0.209. The number of thioether (sulfide) groups is 1. The second-order valence-corrected chi connectivity index (χ2v) is 7.19. The monoisotopic (exact) mass is 357 g/mol. The Morgan fingerprint density at radius 2 is 2.00 bits per heavy atom. The Morgan fingerprint density at radius 1 is 1.40 bits per heavy atom. The van der Waals surface area contributed by atoms with Crippen molar-refractivity contribution in [1.29, 1.82) is 0 Å². The van der Waals surface area contributed by atoms with Crippen LogP contribution in [-0.4, -0.2) is 40.0 Å². The van der Waals surface area contributed by atoms with Crippen LogP contribution >= 0.6 is 27.7 Å². The van der Waals surface area contributed by atoms with Gasteiger partial charge in [-0.15, -0.1) is 0 Å². The standard InChI is InChI=1S/C14H20BrN3OS/c1-20-14(13(16)17-19)6-8-18(9-7-14)10-11-2-4-12(15)5-3-11/h2-5,19H,6-10H2,1H3,(H2,16,17). The molecule has 0 bridgehead atoms. The maximum atomic E-state index is 8.94. The highest BCUT2D eigenvalue weighted by molar-refractivity contribution is 9.10. The summed E-state index contributed by atoms with van der Waals surface area (Å²) in [6, 6.07) is 8.43. The molecular weight excluding hydrogens is 338 g/mol. The molecule has 0 spiro atoms. The summed E-state index contributed by atoms with van der Waals surface area (Å²) >= 11 is 5.14. The van der Waals surface area contributed by atoms with Gasteiger partial charge in [0.05, 0.1) is 4.75 Å². The zero-order chi connectivity index (χ0) is 14.6. The van der Waals surface area contributed by atoms with E-state index in [-0.39, 0.29) is 4.75 Å². The lowest BCUT2D eigenvalue weighted by Gasteiger charge is -2.39. The second kappa shape index (κ2) is 6.83. The molecular formula is C14H20BrN3OS. The predicted octanol–water partition coefficient (Wildman–Crippen LogP) is 2.89. The van der Waals surface area contributed by atoms with Gasteiger partial charge >= 0.3 is 0 Å². The molecule has 1 heterocycles. The fourth-order valence-corrected chi connectivity index (χ4v) is 3.68. The van der Waals surface area contributed by atoms with Gasteiger partial charge in [0.25, 0.3) is 0 Å². The summed E-state index contributed by atoms with van der Waals surface area (Å²) in [4.78, 5) is 2.42. The molecule has 110 valence electrons. The van der Waals surface area contributed by atoms with E-state index < -0.39 is 0 Å². The van der Waals surface area contributed by atoms with E-state index in [2.05, 4.69) is 50.3 Å². The van der Waals surface area contributed by atoms with Crippen molar-refractivity contribution in [3.8, 4) is 0 Å². The molecule has 3 N–H and O–H groups in total. The molecule has 1 saturated heterocycles. The topological polar surface area (TPSA) is 61.9 Å². The molecule has 1 aromatic carbocycles. The Kier molecular flexibility index (Phi) is 5.35. The van der Waals surface area contributed by atoms with Crippen LogP contribution in [0.3, 0.4) is 0 Å². The number of likely N-dealkylation sites (tertiary alicyclic amines) is 1. The van der Waals surface area contributed by atoms with Gasteiger partial charge in [-0.3, -0.25) is 4.90 Å². The van der Waals surface area contributed by atoms with E-state index >= 15 is 0 Å².